The topological polar surface area (TPSA) is 6.48 Å². The van der Waals surface area contributed by atoms with Gasteiger partial charge in [-0.25, -0.2) is 0 Å². The lowest BCUT2D eigenvalue weighted by Crippen LogP contribution is -2.34. The highest BCUT2D eigenvalue weighted by Gasteiger charge is 2.43. The Bertz CT molecular complexity index is 2130. The van der Waals surface area contributed by atoms with Crippen LogP contribution in [0.4, 0.5) is 22.7 Å². The van der Waals surface area contributed by atoms with Crippen LogP contribution in [0.3, 0.4) is 0 Å². The lowest BCUT2D eigenvalue weighted by Gasteiger charge is -2.36. The molecule has 0 radical (unpaired) electrons. The van der Waals surface area contributed by atoms with E-state index in [1.165, 1.54) is 67.3 Å². The molecule has 4 aliphatic rings. The zero-order chi connectivity index (χ0) is 30.8. The first-order chi connectivity index (χ1) is 22.7. The van der Waals surface area contributed by atoms with Crippen molar-refractivity contribution in [3.63, 3.8) is 0 Å². The van der Waals surface area contributed by atoms with Crippen LogP contribution in [0.5, 0.6) is 0 Å². The lowest BCUT2D eigenvalue weighted by molar-refractivity contribution is 0.722. The summed E-state index contributed by atoms with van der Waals surface area (Å²) in [6.45, 7) is 4.42. The molecule has 0 fully saturated rings. The van der Waals surface area contributed by atoms with E-state index >= 15 is 0 Å². The van der Waals surface area contributed by atoms with E-state index in [1.54, 1.807) is 0 Å². The highest BCUT2D eigenvalue weighted by atomic mass is 15.2. The maximum Gasteiger partial charge on any atom is 0.0701 e. The summed E-state index contributed by atoms with van der Waals surface area (Å²) in [5, 5.41) is 0. The van der Waals surface area contributed by atoms with Gasteiger partial charge in [-0.3, -0.25) is 0 Å². The third-order valence-corrected chi connectivity index (χ3v) is 10.4. The Kier molecular flexibility index (Phi) is 6.24. The number of nitrogens with zero attached hydrogens (tertiary/aromatic N) is 2. The van der Waals surface area contributed by atoms with E-state index < -0.39 is 0 Å². The molecule has 46 heavy (non-hydrogen) atoms. The van der Waals surface area contributed by atoms with Gasteiger partial charge in [0.1, 0.15) is 0 Å². The smallest absolute Gasteiger partial charge is 0.0701 e. The van der Waals surface area contributed by atoms with Gasteiger partial charge in [0.25, 0.3) is 0 Å². The number of aryl methyl sites for hydroxylation is 2. The van der Waals surface area contributed by atoms with Crippen LogP contribution in [0.2, 0.25) is 0 Å². The Balaban J connectivity index is 1.15. The summed E-state index contributed by atoms with van der Waals surface area (Å²) < 4.78 is 0. The van der Waals surface area contributed by atoms with Crippen LogP contribution in [0, 0.1) is 13.8 Å². The van der Waals surface area contributed by atoms with E-state index in [-0.39, 0.29) is 18.0 Å². The molecule has 2 heteroatoms. The van der Waals surface area contributed by atoms with E-state index in [1.807, 2.05) is 0 Å². The first-order valence-corrected chi connectivity index (χ1v) is 16.4. The molecule has 4 atom stereocenters. The lowest BCUT2D eigenvalue weighted by atomic mass is 9.79. The maximum absolute atomic E-state index is 2.59. The number of benzene rings is 5. The highest BCUT2D eigenvalue weighted by Crippen LogP contribution is 2.54. The molecule has 222 valence electrons. The van der Waals surface area contributed by atoms with E-state index in [0.29, 0.717) is 5.92 Å². The van der Waals surface area contributed by atoms with Gasteiger partial charge in [0.15, 0.2) is 0 Å². The summed E-state index contributed by atoms with van der Waals surface area (Å²) in [6, 6.07) is 45.4. The molecule has 9 rings (SSSR count). The number of rotatable bonds is 4. The number of fused-ring (bicyclic) bond motifs is 6. The van der Waals surface area contributed by atoms with Crippen molar-refractivity contribution in [3.8, 4) is 0 Å². The van der Waals surface area contributed by atoms with Gasteiger partial charge in [0.2, 0.25) is 0 Å². The fraction of sp³-hybridized carbons (Fsp3) is 0.136. The van der Waals surface area contributed by atoms with Gasteiger partial charge in [-0.15, -0.1) is 0 Å². The predicted octanol–water partition coefficient (Wildman–Crippen LogP) is 10.8. The van der Waals surface area contributed by atoms with E-state index in [9.17, 15) is 0 Å². The Morgan fingerprint density at radius 3 is 2.07 bits per heavy atom. The minimum atomic E-state index is 0.187. The average Bonchev–Trinajstić information content (AvgIpc) is 3.62. The molecule has 0 N–H and O–H groups in total. The van der Waals surface area contributed by atoms with Gasteiger partial charge in [-0.05, 0) is 83.1 Å². The molecule has 0 amide bonds. The van der Waals surface area contributed by atoms with Crippen molar-refractivity contribution in [2.24, 2.45) is 0 Å². The number of anilines is 4. The summed E-state index contributed by atoms with van der Waals surface area (Å²) in [4.78, 5) is 5.16. The molecule has 2 aliphatic heterocycles. The first-order valence-electron chi connectivity index (χ1n) is 16.4. The molecule has 5 aromatic carbocycles. The van der Waals surface area contributed by atoms with Gasteiger partial charge in [-0.2, -0.15) is 0 Å². The van der Waals surface area contributed by atoms with Crippen LogP contribution < -0.4 is 9.80 Å². The summed E-state index contributed by atoms with van der Waals surface area (Å²) in [5.41, 5.74) is 15.8. The monoisotopic (exact) mass is 592 g/mol. The second kappa shape index (κ2) is 10.6. The van der Waals surface area contributed by atoms with E-state index in [2.05, 4.69) is 181 Å². The van der Waals surface area contributed by atoms with Gasteiger partial charge >= 0.3 is 0 Å². The zero-order valence-electron chi connectivity index (χ0n) is 26.2. The zero-order valence-corrected chi connectivity index (χ0v) is 26.2. The molecule has 0 saturated heterocycles. The van der Waals surface area contributed by atoms with E-state index in [4.69, 9.17) is 0 Å². The molecule has 2 aliphatic carbocycles. The molecule has 2 heterocycles. The Labute approximate surface area is 272 Å². The average molecular weight is 593 g/mol. The Hall–Kier alpha value is -5.34. The summed E-state index contributed by atoms with van der Waals surface area (Å²) in [7, 11) is 0. The highest BCUT2D eigenvalue weighted by molar-refractivity contribution is 5.94. The van der Waals surface area contributed by atoms with Crippen LogP contribution >= 0.6 is 0 Å². The number of allylic oxidation sites excluding steroid dienone is 4. The molecule has 0 bridgehead atoms. The predicted molar refractivity (Wildman–Crippen MR) is 193 cm³/mol. The largest absolute Gasteiger partial charge is 0.332 e. The normalized spacial score (nSPS) is 22.1. The van der Waals surface area contributed by atoms with Crippen molar-refractivity contribution in [1.82, 2.24) is 0 Å². The number of para-hydroxylation sites is 3. The molecule has 2 nitrogen and oxygen atoms in total. The van der Waals surface area contributed by atoms with Gasteiger partial charge < -0.3 is 9.80 Å². The molecule has 0 aromatic heterocycles. The van der Waals surface area contributed by atoms with Crippen LogP contribution in [-0.2, 0) is 0 Å². The fourth-order valence-corrected chi connectivity index (χ4v) is 8.37. The summed E-state index contributed by atoms with van der Waals surface area (Å²) in [6.07, 6.45) is 14.0. The maximum atomic E-state index is 2.59. The van der Waals surface area contributed by atoms with E-state index in [0.717, 1.165) is 0 Å². The first kappa shape index (κ1) is 27.0. The SMILES string of the molecule is Cc1cccc(N2c3ccccc3C3=CC=CC(c4cccc(C5=CC=CC6c7ccccc7N(c7ccccc7C)C56)c4)C32)c1. The van der Waals surface area contributed by atoms with Gasteiger partial charge in [0.05, 0.1) is 12.1 Å². The Morgan fingerprint density at radius 1 is 0.522 bits per heavy atom. The van der Waals surface area contributed by atoms with Crippen molar-refractivity contribution in [2.75, 3.05) is 9.80 Å². The van der Waals surface area contributed by atoms with Crippen molar-refractivity contribution < 1.29 is 0 Å². The molecule has 0 spiro atoms. The van der Waals surface area contributed by atoms with Crippen molar-refractivity contribution in [3.05, 3.63) is 191 Å². The van der Waals surface area contributed by atoms with Crippen molar-refractivity contribution >= 4 is 33.9 Å². The number of hydrogen-bond acceptors (Lipinski definition) is 2. The standard InChI is InChI=1S/C44H36N2/c1-29-13-9-17-33(27-29)45-41-25-7-4-18-36(41)38-22-11-20-34(43(38)45)31-15-10-16-32(28-31)35-21-12-23-39-37-19-5-8-26-42(37)46(44(35)39)40-24-6-3-14-30(40)2/h3-28,34,39,43-44H,1-2H3. The van der Waals surface area contributed by atoms with Crippen LogP contribution in [0.15, 0.2) is 158 Å². The number of hydrogen-bond donors (Lipinski definition) is 0. The van der Waals surface area contributed by atoms with Crippen molar-refractivity contribution in [2.45, 2.75) is 37.8 Å². The summed E-state index contributed by atoms with van der Waals surface area (Å²) in [5.74, 6) is 0.501. The second-order valence-electron chi connectivity index (χ2n) is 13.0. The Morgan fingerprint density at radius 2 is 1.22 bits per heavy atom. The second-order valence-corrected chi connectivity index (χ2v) is 13.0. The molecule has 5 aromatic rings. The third-order valence-electron chi connectivity index (χ3n) is 10.4. The van der Waals surface area contributed by atoms with Gasteiger partial charge in [-0.1, -0.05) is 127 Å². The van der Waals surface area contributed by atoms with Crippen LogP contribution in [-0.4, -0.2) is 12.1 Å². The molecule has 0 saturated carbocycles. The minimum absolute atomic E-state index is 0.187. The van der Waals surface area contributed by atoms with Crippen LogP contribution in [0.1, 0.15) is 45.2 Å². The van der Waals surface area contributed by atoms with Crippen LogP contribution in [0.25, 0.3) is 11.1 Å². The quantitative estimate of drug-likeness (QED) is 0.205. The molecular formula is C44H36N2. The minimum Gasteiger partial charge on any atom is -0.332 e. The van der Waals surface area contributed by atoms with Gasteiger partial charge in [0, 0.05) is 40.1 Å². The molecular weight excluding hydrogens is 556 g/mol. The summed E-state index contributed by atoms with van der Waals surface area (Å²) >= 11 is 0. The third kappa shape index (κ3) is 4.10. The molecule has 4 unspecified atom stereocenters. The van der Waals surface area contributed by atoms with Crippen molar-refractivity contribution in [1.29, 1.82) is 0 Å². The fourth-order valence-electron chi connectivity index (χ4n) is 8.37.